The zero-order valence-corrected chi connectivity index (χ0v) is 13.0. The van der Waals surface area contributed by atoms with E-state index in [1.54, 1.807) is 0 Å². The van der Waals surface area contributed by atoms with E-state index in [9.17, 15) is 4.79 Å². The predicted octanol–water partition coefficient (Wildman–Crippen LogP) is 2.84. The van der Waals surface area contributed by atoms with Crippen LogP contribution in [0.4, 0.5) is 0 Å². The summed E-state index contributed by atoms with van der Waals surface area (Å²) in [6.07, 6.45) is 1.05. The molecule has 1 heterocycles. The molecule has 0 aliphatic carbocycles. The molecule has 3 nitrogen and oxygen atoms in total. The zero-order valence-electron chi connectivity index (χ0n) is 13.0. The van der Waals surface area contributed by atoms with E-state index in [1.165, 1.54) is 0 Å². The summed E-state index contributed by atoms with van der Waals surface area (Å²) in [5.74, 6) is 0.774. The van der Waals surface area contributed by atoms with Crippen molar-refractivity contribution in [3.05, 3.63) is 35.4 Å². The lowest BCUT2D eigenvalue weighted by Crippen LogP contribution is -2.57. The molecule has 1 amide bonds. The first-order valence-electron chi connectivity index (χ1n) is 7.58. The number of hydrogen-bond acceptors (Lipinski definition) is 2. The first kappa shape index (κ1) is 15.0. The Hall–Kier alpha value is -1.35. The van der Waals surface area contributed by atoms with Crippen molar-refractivity contribution in [1.29, 1.82) is 0 Å². The fraction of sp³-hybridized carbons (Fsp3) is 0.588. The van der Waals surface area contributed by atoms with Crippen molar-refractivity contribution in [2.75, 3.05) is 13.1 Å². The number of benzene rings is 1. The van der Waals surface area contributed by atoms with Gasteiger partial charge in [0.25, 0.3) is 5.91 Å². The Morgan fingerprint density at radius 2 is 2.20 bits per heavy atom. The number of nitrogens with one attached hydrogen (secondary N) is 1. The molecule has 1 aromatic rings. The van der Waals surface area contributed by atoms with Crippen molar-refractivity contribution in [1.82, 2.24) is 10.2 Å². The molecule has 1 N–H and O–H groups in total. The summed E-state index contributed by atoms with van der Waals surface area (Å²) in [5.41, 5.74) is 1.95. The first-order chi connectivity index (χ1) is 9.47. The van der Waals surface area contributed by atoms with Gasteiger partial charge in [-0.2, -0.15) is 0 Å². The van der Waals surface area contributed by atoms with Gasteiger partial charge in [0.2, 0.25) is 0 Å². The van der Waals surface area contributed by atoms with Crippen LogP contribution in [0.3, 0.4) is 0 Å². The normalized spacial score (nSPS) is 23.1. The molecule has 1 aliphatic heterocycles. The molecule has 1 aliphatic rings. The largest absolute Gasteiger partial charge is 0.333 e. The monoisotopic (exact) mass is 274 g/mol. The van der Waals surface area contributed by atoms with Crippen LogP contribution >= 0.6 is 0 Å². The minimum atomic E-state index is 0.174. The van der Waals surface area contributed by atoms with Crippen molar-refractivity contribution in [3.8, 4) is 0 Å². The fourth-order valence-corrected chi connectivity index (χ4v) is 2.90. The minimum Gasteiger partial charge on any atom is -0.333 e. The fourth-order valence-electron chi connectivity index (χ4n) is 2.90. The standard InChI is InChI=1S/C17H26N2O/c1-12(2)8-16-10-18-14(4)11-19(16)17(20)15-7-5-6-13(3)9-15/h5-7,9,12,14,16,18H,8,10-11H2,1-4H3. The molecule has 2 atom stereocenters. The van der Waals surface area contributed by atoms with Crippen LogP contribution in [0.25, 0.3) is 0 Å². The molecule has 3 heteroatoms. The SMILES string of the molecule is Cc1cccc(C(=O)N2CC(C)NCC2CC(C)C)c1. The van der Waals surface area contributed by atoms with E-state index in [4.69, 9.17) is 0 Å². The Morgan fingerprint density at radius 1 is 1.45 bits per heavy atom. The lowest BCUT2D eigenvalue weighted by molar-refractivity contribution is 0.0563. The van der Waals surface area contributed by atoms with Crippen molar-refractivity contribution in [2.24, 2.45) is 5.92 Å². The van der Waals surface area contributed by atoms with Crippen LogP contribution < -0.4 is 5.32 Å². The molecule has 0 aromatic heterocycles. The first-order valence-corrected chi connectivity index (χ1v) is 7.58. The third-order valence-electron chi connectivity index (χ3n) is 3.88. The lowest BCUT2D eigenvalue weighted by atomic mass is 9.98. The predicted molar refractivity (Wildman–Crippen MR) is 82.9 cm³/mol. The Labute approximate surface area is 122 Å². The maximum absolute atomic E-state index is 12.8. The Kier molecular flexibility index (Phi) is 4.81. The average molecular weight is 274 g/mol. The van der Waals surface area contributed by atoms with Gasteiger partial charge in [-0.05, 0) is 38.3 Å². The Balaban J connectivity index is 2.19. The van der Waals surface area contributed by atoms with E-state index in [0.29, 0.717) is 18.0 Å². The highest BCUT2D eigenvalue weighted by Gasteiger charge is 2.30. The van der Waals surface area contributed by atoms with Gasteiger partial charge in [-0.25, -0.2) is 0 Å². The lowest BCUT2D eigenvalue weighted by Gasteiger charge is -2.40. The third-order valence-corrected chi connectivity index (χ3v) is 3.88. The van der Waals surface area contributed by atoms with E-state index in [-0.39, 0.29) is 5.91 Å². The molecule has 20 heavy (non-hydrogen) atoms. The molecular formula is C17H26N2O. The van der Waals surface area contributed by atoms with Gasteiger partial charge in [0.1, 0.15) is 0 Å². The summed E-state index contributed by atoms with van der Waals surface area (Å²) < 4.78 is 0. The van der Waals surface area contributed by atoms with E-state index in [2.05, 4.69) is 31.0 Å². The highest BCUT2D eigenvalue weighted by molar-refractivity contribution is 5.94. The topological polar surface area (TPSA) is 32.3 Å². The molecule has 0 spiro atoms. The summed E-state index contributed by atoms with van der Waals surface area (Å²) in [5, 5.41) is 3.49. The second-order valence-electron chi connectivity index (χ2n) is 6.42. The van der Waals surface area contributed by atoms with E-state index >= 15 is 0 Å². The van der Waals surface area contributed by atoms with Crippen molar-refractivity contribution < 1.29 is 4.79 Å². The molecule has 1 fully saturated rings. The quantitative estimate of drug-likeness (QED) is 0.919. The van der Waals surface area contributed by atoms with Gasteiger partial charge in [-0.15, -0.1) is 0 Å². The number of carbonyl (C=O) groups is 1. The van der Waals surface area contributed by atoms with Crippen LogP contribution in [0.15, 0.2) is 24.3 Å². The van der Waals surface area contributed by atoms with Crippen LogP contribution in [-0.2, 0) is 0 Å². The molecule has 0 radical (unpaired) electrons. The molecular weight excluding hydrogens is 248 g/mol. The molecule has 2 rings (SSSR count). The minimum absolute atomic E-state index is 0.174. The van der Waals surface area contributed by atoms with Gasteiger partial charge in [0.15, 0.2) is 0 Å². The Morgan fingerprint density at radius 3 is 2.85 bits per heavy atom. The number of hydrogen-bond donors (Lipinski definition) is 1. The van der Waals surface area contributed by atoms with Crippen molar-refractivity contribution in [3.63, 3.8) is 0 Å². The maximum atomic E-state index is 12.8. The van der Waals surface area contributed by atoms with E-state index in [1.807, 2.05) is 31.2 Å². The van der Waals surface area contributed by atoms with Gasteiger partial charge in [-0.1, -0.05) is 31.5 Å². The van der Waals surface area contributed by atoms with Gasteiger partial charge < -0.3 is 10.2 Å². The highest BCUT2D eigenvalue weighted by Crippen LogP contribution is 2.19. The smallest absolute Gasteiger partial charge is 0.254 e. The van der Waals surface area contributed by atoms with Crippen LogP contribution in [-0.4, -0.2) is 36.0 Å². The maximum Gasteiger partial charge on any atom is 0.254 e. The van der Waals surface area contributed by atoms with Crippen LogP contribution in [0.2, 0.25) is 0 Å². The number of aryl methyl sites for hydroxylation is 1. The molecule has 2 unspecified atom stereocenters. The summed E-state index contributed by atoms with van der Waals surface area (Å²) in [6, 6.07) is 8.58. The molecule has 0 bridgehead atoms. The number of piperazine rings is 1. The van der Waals surface area contributed by atoms with Crippen LogP contribution in [0.5, 0.6) is 0 Å². The van der Waals surface area contributed by atoms with Gasteiger partial charge in [0.05, 0.1) is 0 Å². The number of carbonyl (C=O) groups excluding carboxylic acids is 1. The average Bonchev–Trinajstić information content (AvgIpc) is 2.39. The third kappa shape index (κ3) is 3.60. The van der Waals surface area contributed by atoms with Gasteiger partial charge in [0, 0.05) is 30.7 Å². The van der Waals surface area contributed by atoms with E-state index < -0.39 is 0 Å². The van der Waals surface area contributed by atoms with Crippen molar-refractivity contribution in [2.45, 2.75) is 46.2 Å². The summed E-state index contributed by atoms with van der Waals surface area (Å²) in [6.45, 7) is 10.3. The second kappa shape index (κ2) is 6.40. The van der Waals surface area contributed by atoms with Gasteiger partial charge in [-0.3, -0.25) is 4.79 Å². The second-order valence-corrected chi connectivity index (χ2v) is 6.42. The molecule has 0 saturated carbocycles. The summed E-state index contributed by atoms with van der Waals surface area (Å²) in [7, 11) is 0. The molecule has 1 aromatic carbocycles. The molecule has 110 valence electrons. The highest BCUT2D eigenvalue weighted by atomic mass is 16.2. The number of amides is 1. The van der Waals surface area contributed by atoms with Crippen LogP contribution in [0, 0.1) is 12.8 Å². The van der Waals surface area contributed by atoms with Crippen LogP contribution in [0.1, 0.15) is 43.1 Å². The number of rotatable bonds is 3. The van der Waals surface area contributed by atoms with E-state index in [0.717, 1.165) is 30.6 Å². The van der Waals surface area contributed by atoms with Gasteiger partial charge >= 0.3 is 0 Å². The summed E-state index contributed by atoms with van der Waals surface area (Å²) in [4.78, 5) is 14.9. The summed E-state index contributed by atoms with van der Waals surface area (Å²) >= 11 is 0. The Bertz CT molecular complexity index is 470. The molecule has 1 saturated heterocycles. The number of nitrogens with zero attached hydrogens (tertiary/aromatic N) is 1. The zero-order chi connectivity index (χ0) is 14.7. The van der Waals surface area contributed by atoms with Crippen molar-refractivity contribution >= 4 is 5.91 Å².